The van der Waals surface area contributed by atoms with Gasteiger partial charge in [0.1, 0.15) is 18.1 Å². The monoisotopic (exact) mass is 511 g/mol. The van der Waals surface area contributed by atoms with E-state index >= 15 is 0 Å². The molecule has 29 heavy (non-hydrogen) atoms. The molecular formula is C23H15Br2NO3. The number of hydrogen-bond acceptors (Lipinski definition) is 4. The summed E-state index contributed by atoms with van der Waals surface area (Å²) in [5, 5.41) is 3.96. The van der Waals surface area contributed by atoms with E-state index in [1.807, 2.05) is 72.8 Å². The van der Waals surface area contributed by atoms with Crippen molar-refractivity contribution in [3.8, 4) is 5.75 Å². The number of benzene rings is 3. The molecule has 0 aliphatic carbocycles. The smallest absolute Gasteiger partial charge is 0.368 e. The molecule has 0 atom stereocenters. The van der Waals surface area contributed by atoms with Crippen LogP contribution in [0.5, 0.6) is 5.75 Å². The second-order valence-corrected chi connectivity index (χ2v) is 8.17. The van der Waals surface area contributed by atoms with Gasteiger partial charge in [0.25, 0.3) is 0 Å². The number of carbonyl (C=O) groups is 1. The fourth-order valence-electron chi connectivity index (χ4n) is 2.87. The second kappa shape index (κ2) is 8.76. The molecule has 3 aromatic carbocycles. The molecule has 0 bridgehead atoms. The van der Waals surface area contributed by atoms with Gasteiger partial charge < -0.3 is 9.57 Å². The summed E-state index contributed by atoms with van der Waals surface area (Å²) in [6.07, 6.45) is 1.75. The molecule has 0 aromatic heterocycles. The number of rotatable bonds is 5. The van der Waals surface area contributed by atoms with Gasteiger partial charge >= 0.3 is 5.97 Å². The molecule has 4 rings (SSSR count). The predicted octanol–water partition coefficient (Wildman–Crippen LogP) is 6.14. The van der Waals surface area contributed by atoms with Gasteiger partial charge in [-0.1, -0.05) is 79.5 Å². The van der Waals surface area contributed by atoms with Crippen LogP contribution in [0.3, 0.4) is 0 Å². The maximum atomic E-state index is 12.3. The fourth-order valence-corrected chi connectivity index (χ4v) is 3.52. The second-order valence-electron chi connectivity index (χ2n) is 6.34. The first-order valence-electron chi connectivity index (χ1n) is 8.84. The number of halogens is 2. The summed E-state index contributed by atoms with van der Waals surface area (Å²) in [5.74, 6) is 0.179. The van der Waals surface area contributed by atoms with Crippen LogP contribution in [0, 0.1) is 0 Å². The van der Waals surface area contributed by atoms with E-state index < -0.39 is 5.97 Å². The molecule has 0 N–H and O–H groups in total. The average Bonchev–Trinajstić information content (AvgIpc) is 3.10. The van der Waals surface area contributed by atoms with Crippen LogP contribution >= 0.6 is 31.9 Å². The van der Waals surface area contributed by atoms with Crippen molar-refractivity contribution < 1.29 is 14.4 Å². The molecule has 0 spiro atoms. The number of nitrogens with zero attached hydrogens (tertiary/aromatic N) is 1. The molecular weight excluding hydrogens is 498 g/mol. The normalized spacial score (nSPS) is 14.6. The van der Waals surface area contributed by atoms with Gasteiger partial charge in [-0.05, 0) is 42.0 Å². The third kappa shape index (κ3) is 4.66. The molecule has 3 aromatic rings. The lowest BCUT2D eigenvalue weighted by Crippen LogP contribution is -2.07. The molecule has 1 aliphatic heterocycles. The van der Waals surface area contributed by atoms with E-state index in [9.17, 15) is 4.79 Å². The molecule has 0 saturated heterocycles. The van der Waals surface area contributed by atoms with E-state index in [2.05, 4.69) is 37.0 Å². The third-order valence-corrected chi connectivity index (χ3v) is 5.34. The summed E-state index contributed by atoms with van der Waals surface area (Å²) < 4.78 is 7.93. The predicted molar refractivity (Wildman–Crippen MR) is 120 cm³/mol. The summed E-state index contributed by atoms with van der Waals surface area (Å²) in [4.78, 5) is 17.2. The Morgan fingerprint density at radius 1 is 0.931 bits per heavy atom. The number of ether oxygens (including phenoxy) is 1. The first-order chi connectivity index (χ1) is 14.1. The largest absolute Gasteiger partial charge is 0.488 e. The minimum atomic E-state index is -0.484. The lowest BCUT2D eigenvalue weighted by atomic mass is 10.0. The van der Waals surface area contributed by atoms with E-state index in [-0.39, 0.29) is 0 Å². The van der Waals surface area contributed by atoms with Gasteiger partial charge in [0.2, 0.25) is 0 Å². The summed E-state index contributed by atoms with van der Waals surface area (Å²) >= 11 is 6.92. The van der Waals surface area contributed by atoms with E-state index in [4.69, 9.17) is 9.57 Å². The van der Waals surface area contributed by atoms with Gasteiger partial charge in [-0.25, -0.2) is 4.79 Å². The van der Waals surface area contributed by atoms with Crippen molar-refractivity contribution in [3.63, 3.8) is 0 Å². The van der Waals surface area contributed by atoms with Crippen LogP contribution < -0.4 is 4.74 Å². The average molecular weight is 513 g/mol. The highest BCUT2D eigenvalue weighted by Gasteiger charge is 2.27. The molecule has 0 radical (unpaired) electrons. The maximum absolute atomic E-state index is 12.3. The van der Waals surface area contributed by atoms with Crippen molar-refractivity contribution in [2.45, 2.75) is 6.61 Å². The zero-order valence-electron chi connectivity index (χ0n) is 15.1. The molecule has 6 heteroatoms. The zero-order valence-corrected chi connectivity index (χ0v) is 18.3. The maximum Gasteiger partial charge on any atom is 0.368 e. The van der Waals surface area contributed by atoms with Crippen LogP contribution in [0.15, 0.2) is 92.5 Å². The Labute approximate surface area is 185 Å². The van der Waals surface area contributed by atoms with Crippen molar-refractivity contribution >= 4 is 49.6 Å². The minimum Gasteiger partial charge on any atom is -0.488 e. The topological polar surface area (TPSA) is 47.9 Å². The van der Waals surface area contributed by atoms with Crippen molar-refractivity contribution in [1.29, 1.82) is 0 Å². The van der Waals surface area contributed by atoms with E-state index in [1.165, 1.54) is 0 Å². The molecule has 0 saturated carbocycles. The lowest BCUT2D eigenvalue weighted by molar-refractivity contribution is -0.136. The molecule has 0 unspecified atom stereocenters. The van der Waals surface area contributed by atoms with E-state index in [1.54, 1.807) is 6.08 Å². The van der Waals surface area contributed by atoms with Crippen LogP contribution in [0.25, 0.3) is 6.08 Å². The highest BCUT2D eigenvalue weighted by molar-refractivity contribution is 9.10. The molecule has 1 aliphatic rings. The van der Waals surface area contributed by atoms with E-state index in [0.29, 0.717) is 23.6 Å². The van der Waals surface area contributed by atoms with Gasteiger partial charge in [-0.15, -0.1) is 0 Å². The quantitative estimate of drug-likeness (QED) is 0.305. The van der Waals surface area contributed by atoms with Gasteiger partial charge in [-0.3, -0.25) is 0 Å². The first kappa shape index (κ1) is 19.6. The molecule has 4 nitrogen and oxygen atoms in total. The fraction of sp³-hybridized carbons (Fsp3) is 0.0435. The van der Waals surface area contributed by atoms with Crippen LogP contribution in [0.2, 0.25) is 0 Å². The summed E-state index contributed by atoms with van der Waals surface area (Å²) in [7, 11) is 0. The number of hydrogen-bond donors (Lipinski definition) is 0. The highest BCUT2D eigenvalue weighted by atomic mass is 79.9. The summed E-state index contributed by atoms with van der Waals surface area (Å²) in [6, 6.07) is 23.1. The molecule has 144 valence electrons. The van der Waals surface area contributed by atoms with Gasteiger partial charge in [0.05, 0.1) is 5.57 Å². The Balaban J connectivity index is 1.65. The van der Waals surface area contributed by atoms with E-state index in [0.717, 1.165) is 25.6 Å². The van der Waals surface area contributed by atoms with Gasteiger partial charge in [0.15, 0.2) is 0 Å². The first-order valence-corrected chi connectivity index (χ1v) is 10.4. The standard InChI is InChI=1S/C23H15Br2NO3/c24-18-8-6-15(7-9-18)14-28-21-11-10-19(25)12-17(21)13-20-22(26-29-23(20)27)16-4-2-1-3-5-16/h1-13H,14H2/b20-13-. The van der Waals surface area contributed by atoms with Crippen molar-refractivity contribution in [3.05, 3.63) is 104 Å². The minimum absolute atomic E-state index is 0.391. The Hall–Kier alpha value is -2.70. The van der Waals surface area contributed by atoms with Gasteiger partial charge in [-0.2, -0.15) is 0 Å². The SMILES string of the molecule is O=C1ON=C(c2ccccc2)/C1=C/c1cc(Br)ccc1OCc1ccc(Br)cc1. The van der Waals surface area contributed by atoms with Crippen LogP contribution in [-0.4, -0.2) is 11.7 Å². The van der Waals surface area contributed by atoms with Crippen molar-refractivity contribution in [1.82, 2.24) is 0 Å². The Morgan fingerprint density at radius 3 is 2.41 bits per heavy atom. The van der Waals surface area contributed by atoms with Crippen LogP contribution in [-0.2, 0) is 16.2 Å². The Kier molecular flexibility index (Phi) is 5.92. The van der Waals surface area contributed by atoms with Crippen LogP contribution in [0.4, 0.5) is 0 Å². The Bertz CT molecular complexity index is 1110. The van der Waals surface area contributed by atoms with Crippen molar-refractivity contribution in [2.75, 3.05) is 0 Å². The van der Waals surface area contributed by atoms with Crippen LogP contribution in [0.1, 0.15) is 16.7 Å². The number of oxime groups is 1. The molecule has 0 fully saturated rings. The highest BCUT2D eigenvalue weighted by Crippen LogP contribution is 2.29. The number of carbonyl (C=O) groups excluding carboxylic acids is 1. The summed E-state index contributed by atoms with van der Waals surface area (Å²) in [6.45, 7) is 0.412. The van der Waals surface area contributed by atoms with Gasteiger partial charge in [0, 0.05) is 20.1 Å². The summed E-state index contributed by atoms with van der Waals surface area (Å²) in [5.41, 5.74) is 3.52. The third-order valence-electron chi connectivity index (χ3n) is 4.32. The zero-order chi connectivity index (χ0) is 20.2. The lowest BCUT2D eigenvalue weighted by Gasteiger charge is -2.11. The Morgan fingerprint density at radius 2 is 1.66 bits per heavy atom. The molecule has 0 amide bonds. The molecule has 1 heterocycles. The van der Waals surface area contributed by atoms with Crippen molar-refractivity contribution in [2.24, 2.45) is 5.16 Å².